The maximum atomic E-state index is 11.7. The van der Waals surface area contributed by atoms with E-state index in [1.165, 1.54) is 30.2 Å². The Morgan fingerprint density at radius 3 is 3.14 bits per heavy atom. The van der Waals surface area contributed by atoms with Crippen molar-refractivity contribution in [2.45, 2.75) is 45.7 Å². The molecule has 0 aromatic carbocycles. The first-order valence-corrected chi connectivity index (χ1v) is 8.30. The number of aromatic nitrogens is 1. The molecular formula is C16H23N3OS. The number of likely N-dealkylation sites (tertiary alicyclic amines) is 1. The van der Waals surface area contributed by atoms with E-state index in [2.05, 4.69) is 22.1 Å². The van der Waals surface area contributed by atoms with Crippen LogP contribution in [0, 0.1) is 0 Å². The zero-order valence-corrected chi connectivity index (χ0v) is 13.5. The predicted molar refractivity (Wildman–Crippen MR) is 88.4 cm³/mol. The van der Waals surface area contributed by atoms with E-state index in [-0.39, 0.29) is 5.91 Å². The highest BCUT2D eigenvalue weighted by Gasteiger charge is 2.19. The average molecular weight is 305 g/mol. The molecule has 2 heterocycles. The van der Waals surface area contributed by atoms with E-state index in [1.807, 2.05) is 25.3 Å². The number of anilines is 1. The molecule has 2 rings (SSSR count). The SMILES string of the molecule is C/C=C/C=C/C(=O)Nc1ncc(CN2CCCCC2C)s1. The van der Waals surface area contributed by atoms with E-state index < -0.39 is 0 Å². The summed E-state index contributed by atoms with van der Waals surface area (Å²) in [5, 5.41) is 3.47. The van der Waals surface area contributed by atoms with Crippen molar-refractivity contribution in [3.05, 3.63) is 35.4 Å². The largest absolute Gasteiger partial charge is 0.298 e. The van der Waals surface area contributed by atoms with E-state index in [1.54, 1.807) is 17.4 Å². The number of allylic oxidation sites excluding steroid dienone is 3. The molecule has 114 valence electrons. The molecule has 1 fully saturated rings. The number of carbonyl (C=O) groups is 1. The second kappa shape index (κ2) is 8.10. The lowest BCUT2D eigenvalue weighted by Crippen LogP contribution is -2.36. The third-order valence-electron chi connectivity index (χ3n) is 3.63. The van der Waals surface area contributed by atoms with Crippen LogP contribution in [0.2, 0.25) is 0 Å². The maximum absolute atomic E-state index is 11.7. The number of rotatable bonds is 5. The Balaban J connectivity index is 1.87. The number of hydrogen-bond donors (Lipinski definition) is 1. The lowest BCUT2D eigenvalue weighted by molar-refractivity contribution is -0.111. The molecule has 1 N–H and O–H groups in total. The summed E-state index contributed by atoms with van der Waals surface area (Å²) in [6, 6.07) is 0.641. The molecular weight excluding hydrogens is 282 g/mol. The number of amides is 1. The normalized spacial score (nSPS) is 20.4. The summed E-state index contributed by atoms with van der Waals surface area (Å²) in [5.41, 5.74) is 0. The van der Waals surface area contributed by atoms with Gasteiger partial charge in [0, 0.05) is 29.7 Å². The molecule has 0 bridgehead atoms. The minimum atomic E-state index is -0.139. The van der Waals surface area contributed by atoms with Crippen LogP contribution in [0.4, 0.5) is 5.13 Å². The zero-order valence-electron chi connectivity index (χ0n) is 12.7. The van der Waals surface area contributed by atoms with Crippen molar-refractivity contribution < 1.29 is 4.79 Å². The molecule has 21 heavy (non-hydrogen) atoms. The zero-order chi connectivity index (χ0) is 15.1. The summed E-state index contributed by atoms with van der Waals surface area (Å²) in [6.45, 7) is 6.29. The third kappa shape index (κ3) is 5.10. The average Bonchev–Trinajstić information content (AvgIpc) is 2.89. The fourth-order valence-corrected chi connectivity index (χ4v) is 3.27. The molecule has 1 aromatic heterocycles. The van der Waals surface area contributed by atoms with Gasteiger partial charge in [-0.05, 0) is 33.2 Å². The van der Waals surface area contributed by atoms with Crippen molar-refractivity contribution >= 4 is 22.4 Å². The van der Waals surface area contributed by atoms with Gasteiger partial charge >= 0.3 is 0 Å². The molecule has 5 heteroatoms. The molecule has 0 saturated carbocycles. The van der Waals surface area contributed by atoms with Gasteiger partial charge in [-0.25, -0.2) is 4.98 Å². The second-order valence-corrected chi connectivity index (χ2v) is 6.44. The monoisotopic (exact) mass is 305 g/mol. The summed E-state index contributed by atoms with van der Waals surface area (Å²) < 4.78 is 0. The van der Waals surface area contributed by atoms with E-state index in [0.717, 1.165) is 13.1 Å². The molecule has 0 radical (unpaired) electrons. The molecule has 1 amide bonds. The number of thiazole rings is 1. The van der Waals surface area contributed by atoms with Crippen molar-refractivity contribution in [1.82, 2.24) is 9.88 Å². The van der Waals surface area contributed by atoms with Gasteiger partial charge in [0.15, 0.2) is 5.13 Å². The van der Waals surface area contributed by atoms with Crippen molar-refractivity contribution in [3.63, 3.8) is 0 Å². The molecule has 1 aliphatic rings. The lowest BCUT2D eigenvalue weighted by atomic mass is 10.0. The fourth-order valence-electron chi connectivity index (χ4n) is 2.43. The van der Waals surface area contributed by atoms with Crippen LogP contribution < -0.4 is 5.32 Å². The highest BCUT2D eigenvalue weighted by molar-refractivity contribution is 7.15. The molecule has 0 spiro atoms. The Hall–Kier alpha value is -1.46. The molecule has 1 unspecified atom stereocenters. The van der Waals surface area contributed by atoms with Crippen LogP contribution in [0.3, 0.4) is 0 Å². The van der Waals surface area contributed by atoms with Crippen molar-refractivity contribution in [3.8, 4) is 0 Å². The Labute approximate surface area is 130 Å². The van der Waals surface area contributed by atoms with Crippen molar-refractivity contribution in [2.24, 2.45) is 0 Å². The topological polar surface area (TPSA) is 45.2 Å². The van der Waals surface area contributed by atoms with Crippen LogP contribution in [0.1, 0.15) is 38.0 Å². The minimum absolute atomic E-state index is 0.139. The van der Waals surface area contributed by atoms with Gasteiger partial charge in [0.05, 0.1) is 0 Å². The smallest absolute Gasteiger partial charge is 0.250 e. The van der Waals surface area contributed by atoms with E-state index >= 15 is 0 Å². The Bertz CT molecular complexity index is 521. The Morgan fingerprint density at radius 2 is 2.38 bits per heavy atom. The summed E-state index contributed by atoms with van der Waals surface area (Å²) in [4.78, 5) is 19.6. The van der Waals surface area contributed by atoms with Crippen LogP contribution in [0.25, 0.3) is 0 Å². The van der Waals surface area contributed by atoms with Crippen LogP contribution in [0.15, 0.2) is 30.5 Å². The summed E-state index contributed by atoms with van der Waals surface area (Å²) in [7, 11) is 0. The van der Waals surface area contributed by atoms with Crippen molar-refractivity contribution in [1.29, 1.82) is 0 Å². The van der Waals surface area contributed by atoms with Gasteiger partial charge < -0.3 is 0 Å². The first-order chi connectivity index (χ1) is 10.2. The molecule has 1 aromatic rings. The van der Waals surface area contributed by atoms with Crippen LogP contribution in [-0.4, -0.2) is 28.4 Å². The van der Waals surface area contributed by atoms with Gasteiger partial charge in [-0.3, -0.25) is 15.0 Å². The van der Waals surface area contributed by atoms with Gasteiger partial charge in [-0.2, -0.15) is 0 Å². The van der Waals surface area contributed by atoms with E-state index in [4.69, 9.17) is 0 Å². The number of nitrogens with one attached hydrogen (secondary N) is 1. The first kappa shape index (κ1) is 15.9. The predicted octanol–water partition coefficient (Wildman–Crippen LogP) is 3.59. The minimum Gasteiger partial charge on any atom is -0.298 e. The number of nitrogens with zero attached hydrogens (tertiary/aromatic N) is 2. The number of carbonyl (C=O) groups excluding carboxylic acids is 1. The van der Waals surface area contributed by atoms with Crippen LogP contribution in [0.5, 0.6) is 0 Å². The van der Waals surface area contributed by atoms with Gasteiger partial charge in [0.25, 0.3) is 0 Å². The van der Waals surface area contributed by atoms with Crippen LogP contribution >= 0.6 is 11.3 Å². The van der Waals surface area contributed by atoms with Crippen LogP contribution in [-0.2, 0) is 11.3 Å². The molecule has 1 aliphatic heterocycles. The van der Waals surface area contributed by atoms with E-state index in [9.17, 15) is 4.79 Å². The molecule has 0 aliphatic carbocycles. The van der Waals surface area contributed by atoms with Gasteiger partial charge in [0.2, 0.25) is 5.91 Å². The third-order valence-corrected chi connectivity index (χ3v) is 4.53. The first-order valence-electron chi connectivity index (χ1n) is 7.48. The standard InChI is InChI=1S/C16H23N3OS/c1-3-4-5-9-15(20)18-16-17-11-14(21-16)12-19-10-7-6-8-13(19)2/h3-5,9,11,13H,6-8,10,12H2,1-2H3,(H,17,18,20)/b4-3+,9-5+. The summed E-state index contributed by atoms with van der Waals surface area (Å²) in [5.74, 6) is -0.139. The fraction of sp³-hybridized carbons (Fsp3) is 0.500. The molecule has 1 saturated heterocycles. The summed E-state index contributed by atoms with van der Waals surface area (Å²) >= 11 is 1.56. The molecule has 4 nitrogen and oxygen atoms in total. The number of piperidine rings is 1. The molecule has 1 atom stereocenters. The van der Waals surface area contributed by atoms with E-state index in [0.29, 0.717) is 11.2 Å². The number of hydrogen-bond acceptors (Lipinski definition) is 4. The summed E-state index contributed by atoms with van der Waals surface area (Å²) in [6.07, 6.45) is 12.7. The quantitative estimate of drug-likeness (QED) is 0.668. The van der Waals surface area contributed by atoms with Crippen molar-refractivity contribution in [2.75, 3.05) is 11.9 Å². The van der Waals surface area contributed by atoms with Gasteiger partial charge in [-0.15, -0.1) is 11.3 Å². The highest BCUT2D eigenvalue weighted by atomic mass is 32.1. The van der Waals surface area contributed by atoms with Gasteiger partial charge in [0.1, 0.15) is 0 Å². The second-order valence-electron chi connectivity index (χ2n) is 5.32. The maximum Gasteiger partial charge on any atom is 0.250 e. The Kier molecular flexibility index (Phi) is 6.14. The highest BCUT2D eigenvalue weighted by Crippen LogP contribution is 2.24. The Morgan fingerprint density at radius 1 is 1.52 bits per heavy atom. The lowest BCUT2D eigenvalue weighted by Gasteiger charge is -2.32. The van der Waals surface area contributed by atoms with Gasteiger partial charge in [-0.1, -0.05) is 24.6 Å².